The first-order valence-electron chi connectivity index (χ1n) is 11.7. The summed E-state index contributed by atoms with van der Waals surface area (Å²) in [5.74, 6) is -7.62. The SMILES string of the molecule is Br.CCC(Br)C(=O)Nc1ccc2c(c1O)C(O)=C1C(=O)C3(O)C(O)=C(C(N)=O)C(=O)[C@@H](N(C)C)C3CC1C2. The average molecular weight is 659 g/mol. The lowest BCUT2D eigenvalue weighted by Crippen LogP contribution is -2.65. The summed E-state index contributed by atoms with van der Waals surface area (Å²) >= 11 is 3.23. The molecule has 3 aliphatic carbocycles. The Hall–Kier alpha value is -2.74. The van der Waals surface area contributed by atoms with Crippen molar-refractivity contribution in [2.75, 3.05) is 19.4 Å². The third kappa shape index (κ3) is 4.25. The summed E-state index contributed by atoms with van der Waals surface area (Å²) in [6.45, 7) is 1.79. The molecule has 5 atom stereocenters. The van der Waals surface area contributed by atoms with Gasteiger partial charge in [0, 0.05) is 11.5 Å². The second kappa shape index (κ2) is 10.4. The van der Waals surface area contributed by atoms with E-state index in [0.717, 1.165) is 0 Å². The van der Waals surface area contributed by atoms with E-state index in [0.29, 0.717) is 12.0 Å². The number of alkyl halides is 1. The number of carbonyl (C=O) groups excluding carboxylic acids is 4. The van der Waals surface area contributed by atoms with Crippen molar-refractivity contribution in [1.82, 2.24) is 4.90 Å². The van der Waals surface area contributed by atoms with Crippen LogP contribution in [0.15, 0.2) is 29.0 Å². The van der Waals surface area contributed by atoms with Gasteiger partial charge in [0.15, 0.2) is 11.4 Å². The normalized spacial score (nSPS) is 27.3. The first-order valence-corrected chi connectivity index (χ1v) is 12.6. The highest BCUT2D eigenvalue weighted by atomic mass is 79.9. The Bertz CT molecular complexity index is 1310. The van der Waals surface area contributed by atoms with E-state index in [1.54, 1.807) is 13.0 Å². The lowest BCUT2D eigenvalue weighted by Gasteiger charge is -2.50. The number of anilines is 1. The Kier molecular flexibility index (Phi) is 8.19. The molecule has 1 aromatic rings. The molecular formula is C25H29Br2N3O8. The van der Waals surface area contributed by atoms with Crippen molar-refractivity contribution in [2.45, 2.75) is 42.7 Å². The van der Waals surface area contributed by atoms with Crippen LogP contribution >= 0.6 is 32.9 Å². The number of benzene rings is 1. The number of nitrogens with zero attached hydrogens (tertiary/aromatic N) is 1. The van der Waals surface area contributed by atoms with E-state index in [9.17, 15) is 39.6 Å². The predicted octanol–water partition coefficient (Wildman–Crippen LogP) is 1.65. The number of Topliss-reactive ketones (excluding diaryl/α,β-unsaturated/α-hetero) is 2. The van der Waals surface area contributed by atoms with Crippen LogP contribution in [0.3, 0.4) is 0 Å². The fraction of sp³-hybridized carbons (Fsp3) is 0.440. The molecule has 4 unspecified atom stereocenters. The van der Waals surface area contributed by atoms with Gasteiger partial charge in [0.05, 0.1) is 22.1 Å². The van der Waals surface area contributed by atoms with E-state index in [1.807, 2.05) is 0 Å². The third-order valence-electron chi connectivity index (χ3n) is 7.49. The molecule has 0 radical (unpaired) electrons. The fourth-order valence-electron chi connectivity index (χ4n) is 5.72. The molecule has 0 heterocycles. The first kappa shape index (κ1) is 29.8. The topological polar surface area (TPSA) is 190 Å². The number of primary amides is 1. The molecule has 4 rings (SSSR count). The molecule has 11 nitrogen and oxygen atoms in total. The number of hydrogen-bond donors (Lipinski definition) is 6. The van der Waals surface area contributed by atoms with Crippen molar-refractivity contribution < 1.29 is 39.6 Å². The van der Waals surface area contributed by atoms with Gasteiger partial charge in [0.1, 0.15) is 22.8 Å². The molecule has 2 amide bonds. The number of hydrogen-bond acceptors (Lipinski definition) is 9. The number of aliphatic hydroxyl groups excluding tert-OH is 2. The van der Waals surface area contributed by atoms with Gasteiger partial charge in [0.2, 0.25) is 11.7 Å². The van der Waals surface area contributed by atoms with Crippen LogP contribution in [0, 0.1) is 11.8 Å². The second-order valence-electron chi connectivity index (χ2n) is 9.82. The molecule has 13 heteroatoms. The Morgan fingerprint density at radius 3 is 2.42 bits per heavy atom. The maximum Gasteiger partial charge on any atom is 0.255 e. The summed E-state index contributed by atoms with van der Waals surface area (Å²) in [7, 11) is 3.08. The number of aliphatic hydroxyl groups is 3. The minimum Gasteiger partial charge on any atom is -0.508 e. The molecule has 0 saturated heterocycles. The molecule has 0 spiro atoms. The monoisotopic (exact) mass is 657 g/mol. The zero-order chi connectivity index (χ0) is 27.6. The van der Waals surface area contributed by atoms with Crippen molar-refractivity contribution in [2.24, 2.45) is 17.6 Å². The fourth-order valence-corrected chi connectivity index (χ4v) is 5.83. The van der Waals surface area contributed by atoms with Gasteiger partial charge >= 0.3 is 0 Å². The molecular weight excluding hydrogens is 630 g/mol. The number of nitrogens with two attached hydrogens (primary N) is 1. The van der Waals surface area contributed by atoms with E-state index >= 15 is 0 Å². The van der Waals surface area contributed by atoms with Gasteiger partial charge in [-0.3, -0.25) is 24.1 Å². The van der Waals surface area contributed by atoms with Crippen LogP contribution in [0.2, 0.25) is 0 Å². The summed E-state index contributed by atoms with van der Waals surface area (Å²) in [5.41, 5.74) is 1.92. The molecule has 7 N–H and O–H groups in total. The van der Waals surface area contributed by atoms with Crippen LogP contribution in [-0.2, 0) is 25.6 Å². The van der Waals surface area contributed by atoms with Crippen LogP contribution < -0.4 is 11.1 Å². The van der Waals surface area contributed by atoms with E-state index in [4.69, 9.17) is 5.73 Å². The Labute approximate surface area is 237 Å². The minimum atomic E-state index is -2.70. The molecule has 1 saturated carbocycles. The Morgan fingerprint density at radius 1 is 1.24 bits per heavy atom. The number of likely N-dealkylation sites (N-methyl/N-ethyl adjacent to an activating group) is 1. The highest BCUT2D eigenvalue weighted by Crippen LogP contribution is 2.53. The molecule has 206 valence electrons. The average Bonchev–Trinajstić information content (AvgIpc) is 2.82. The quantitative estimate of drug-likeness (QED) is 0.155. The summed E-state index contributed by atoms with van der Waals surface area (Å²) < 4.78 is 0. The van der Waals surface area contributed by atoms with E-state index < -0.39 is 74.5 Å². The molecule has 0 aliphatic heterocycles. The van der Waals surface area contributed by atoms with E-state index in [1.165, 1.54) is 25.1 Å². The Morgan fingerprint density at radius 2 is 1.87 bits per heavy atom. The summed E-state index contributed by atoms with van der Waals surface area (Å²) in [6, 6.07) is 1.95. The molecule has 1 fully saturated rings. The number of phenolic OH excluding ortho intramolecular Hbond substituents is 1. The number of amides is 2. The van der Waals surface area contributed by atoms with Crippen molar-refractivity contribution in [3.05, 3.63) is 40.2 Å². The van der Waals surface area contributed by atoms with Gasteiger partial charge in [-0.05, 0) is 50.9 Å². The van der Waals surface area contributed by atoms with Crippen LogP contribution in [0.25, 0.3) is 5.76 Å². The molecule has 1 aromatic carbocycles. The largest absolute Gasteiger partial charge is 0.508 e. The zero-order valence-corrected chi connectivity index (χ0v) is 24.1. The summed E-state index contributed by atoms with van der Waals surface area (Å²) in [4.78, 5) is 52.1. The van der Waals surface area contributed by atoms with Crippen molar-refractivity contribution >= 4 is 67.7 Å². The smallest absolute Gasteiger partial charge is 0.255 e. The highest BCUT2D eigenvalue weighted by Gasteiger charge is 2.64. The maximum atomic E-state index is 13.8. The number of aromatic hydroxyl groups is 1. The summed E-state index contributed by atoms with van der Waals surface area (Å²) in [5, 5.41) is 47.2. The van der Waals surface area contributed by atoms with Crippen LogP contribution in [0.5, 0.6) is 5.75 Å². The number of fused-ring (bicyclic) bond motifs is 3. The van der Waals surface area contributed by atoms with Gasteiger partial charge in [-0.25, -0.2) is 0 Å². The van der Waals surface area contributed by atoms with Gasteiger partial charge in [0.25, 0.3) is 5.91 Å². The molecule has 0 bridgehead atoms. The van der Waals surface area contributed by atoms with Gasteiger partial charge < -0.3 is 31.5 Å². The number of ketones is 2. The number of rotatable bonds is 5. The highest BCUT2D eigenvalue weighted by molar-refractivity contribution is 9.10. The number of nitrogens with one attached hydrogen (secondary N) is 1. The molecule has 3 aliphatic rings. The second-order valence-corrected chi connectivity index (χ2v) is 10.9. The Balaban J connectivity index is 0.00000400. The number of halogens is 2. The third-order valence-corrected chi connectivity index (χ3v) is 8.56. The maximum absolute atomic E-state index is 13.8. The standard InChI is InChI=1S/C25H28BrN3O8.BrH/c1-4-12(26)24(36)28-13-6-5-9-7-10-8-11-17(29(2)3)20(32)16(23(27)35)22(34)25(11,37)21(33)15(10)19(31)14(9)18(13)30;/h5-6,10-12,17,30-31,34,37H,4,7-8H2,1-3H3,(H2,27,35)(H,28,36);1H/t10?,11?,12?,17-,25?;/m0./s1. The van der Waals surface area contributed by atoms with Crippen LogP contribution in [0.4, 0.5) is 5.69 Å². The van der Waals surface area contributed by atoms with E-state index in [2.05, 4.69) is 21.2 Å². The van der Waals surface area contributed by atoms with Crippen LogP contribution in [0.1, 0.15) is 30.9 Å². The lowest BCUT2D eigenvalue weighted by atomic mass is 9.57. The number of carbonyl (C=O) groups is 4. The van der Waals surface area contributed by atoms with Gasteiger partial charge in [-0.2, -0.15) is 0 Å². The van der Waals surface area contributed by atoms with E-state index in [-0.39, 0.29) is 46.6 Å². The van der Waals surface area contributed by atoms with Crippen LogP contribution in [-0.4, -0.2) is 79.3 Å². The summed E-state index contributed by atoms with van der Waals surface area (Å²) in [6.07, 6.45) is 0.669. The van der Waals surface area contributed by atoms with Crippen molar-refractivity contribution in [1.29, 1.82) is 0 Å². The number of phenols is 1. The predicted molar refractivity (Wildman–Crippen MR) is 146 cm³/mol. The van der Waals surface area contributed by atoms with Gasteiger partial charge in [-0.1, -0.05) is 28.9 Å². The zero-order valence-electron chi connectivity index (χ0n) is 20.8. The van der Waals surface area contributed by atoms with Crippen molar-refractivity contribution in [3.8, 4) is 5.75 Å². The minimum absolute atomic E-state index is 0. The molecule has 38 heavy (non-hydrogen) atoms. The first-order chi connectivity index (χ1) is 17.3. The molecule has 0 aromatic heterocycles. The van der Waals surface area contributed by atoms with Gasteiger partial charge in [-0.15, -0.1) is 17.0 Å². The van der Waals surface area contributed by atoms with Crippen molar-refractivity contribution in [3.63, 3.8) is 0 Å². The lowest BCUT2D eigenvalue weighted by molar-refractivity contribution is -0.153.